The fourth-order valence-electron chi connectivity index (χ4n) is 1.57. The highest BCUT2D eigenvalue weighted by molar-refractivity contribution is 5.31. The van der Waals surface area contributed by atoms with Crippen molar-refractivity contribution < 1.29 is 10.2 Å². The van der Waals surface area contributed by atoms with Crippen LogP contribution in [-0.4, -0.2) is 20.2 Å². The molecule has 0 aliphatic rings. The molecular formula is C12H12N2O3. The number of rotatable bonds is 2. The molecule has 0 unspecified atom stereocenters. The zero-order valence-electron chi connectivity index (χ0n) is 9.27. The molecule has 0 spiro atoms. The van der Waals surface area contributed by atoms with Gasteiger partial charge in [0.05, 0.1) is 0 Å². The first-order chi connectivity index (χ1) is 8.08. The topological polar surface area (TPSA) is 86.2 Å². The van der Waals surface area contributed by atoms with Gasteiger partial charge in [-0.15, -0.1) is 0 Å². The van der Waals surface area contributed by atoms with Gasteiger partial charge in [0.1, 0.15) is 5.82 Å². The van der Waals surface area contributed by atoms with Crippen molar-refractivity contribution in [3.8, 4) is 11.6 Å². The Bertz CT molecular complexity index is 605. The van der Waals surface area contributed by atoms with Crippen molar-refractivity contribution in [3.05, 3.63) is 51.6 Å². The molecule has 0 bridgehead atoms. The first-order valence-electron chi connectivity index (χ1n) is 5.13. The molecule has 0 fully saturated rings. The van der Waals surface area contributed by atoms with Crippen molar-refractivity contribution in [2.24, 2.45) is 0 Å². The molecule has 0 saturated heterocycles. The first kappa shape index (κ1) is 11.2. The zero-order chi connectivity index (χ0) is 12.4. The number of nitrogens with zero attached hydrogens (tertiary/aromatic N) is 1. The van der Waals surface area contributed by atoms with E-state index >= 15 is 0 Å². The van der Waals surface area contributed by atoms with E-state index in [0.29, 0.717) is 12.2 Å². The minimum absolute atomic E-state index is 0.319. The molecule has 3 N–H and O–H groups in total. The fraction of sp³-hybridized carbons (Fsp3) is 0.167. The number of hydrogen-bond donors (Lipinski definition) is 3. The standard InChI is InChI=1S/C12H12N2O3/c1-7-4-2-3-5-8(7)6-9-13-11(16)10(15)12(17)14-9/h2-5,15H,6H2,1H3,(H2,13,14,16,17). The molecule has 0 saturated carbocycles. The lowest BCUT2D eigenvalue weighted by atomic mass is 10.1. The molecule has 5 heteroatoms. The van der Waals surface area contributed by atoms with Crippen molar-refractivity contribution in [1.82, 2.24) is 9.97 Å². The highest BCUT2D eigenvalue weighted by Crippen LogP contribution is 2.16. The van der Waals surface area contributed by atoms with Gasteiger partial charge in [0, 0.05) is 6.42 Å². The summed E-state index contributed by atoms with van der Waals surface area (Å²) in [6.07, 6.45) is 0.399. The average molecular weight is 232 g/mol. The van der Waals surface area contributed by atoms with Crippen LogP contribution in [0.1, 0.15) is 17.0 Å². The molecule has 0 atom stereocenters. The molecule has 5 nitrogen and oxygen atoms in total. The minimum atomic E-state index is -0.751. The van der Waals surface area contributed by atoms with Gasteiger partial charge in [-0.2, -0.15) is 4.98 Å². The molecule has 17 heavy (non-hydrogen) atoms. The molecule has 1 aromatic carbocycles. The summed E-state index contributed by atoms with van der Waals surface area (Å²) in [4.78, 5) is 17.4. The van der Waals surface area contributed by atoms with E-state index in [4.69, 9.17) is 5.11 Å². The average Bonchev–Trinajstić information content (AvgIpc) is 2.29. The van der Waals surface area contributed by atoms with Crippen LogP contribution in [-0.2, 0) is 6.42 Å². The lowest BCUT2D eigenvalue weighted by Crippen LogP contribution is -2.11. The molecule has 2 aromatic rings. The van der Waals surface area contributed by atoms with Crippen LogP contribution in [0.5, 0.6) is 11.6 Å². The fourth-order valence-corrected chi connectivity index (χ4v) is 1.57. The molecule has 0 amide bonds. The number of nitrogens with one attached hydrogen (secondary N) is 1. The van der Waals surface area contributed by atoms with Gasteiger partial charge in [-0.25, -0.2) is 0 Å². The van der Waals surface area contributed by atoms with E-state index in [2.05, 4.69) is 9.97 Å². The number of aromatic hydroxyl groups is 2. The smallest absolute Gasteiger partial charge is 0.297 e. The van der Waals surface area contributed by atoms with Crippen LogP contribution < -0.4 is 5.56 Å². The number of aryl methyl sites for hydroxylation is 1. The maximum Gasteiger partial charge on any atom is 0.297 e. The Morgan fingerprint density at radius 1 is 1.29 bits per heavy atom. The van der Waals surface area contributed by atoms with E-state index in [1.165, 1.54) is 0 Å². The van der Waals surface area contributed by atoms with E-state index in [1.807, 2.05) is 31.2 Å². The molecule has 1 aromatic heterocycles. The second-order valence-corrected chi connectivity index (χ2v) is 3.79. The molecule has 1 heterocycles. The van der Waals surface area contributed by atoms with Crippen LogP contribution in [0, 0.1) is 6.92 Å². The van der Waals surface area contributed by atoms with Gasteiger partial charge in [-0.3, -0.25) is 4.79 Å². The molecule has 0 aliphatic heterocycles. The zero-order valence-corrected chi connectivity index (χ0v) is 9.27. The summed E-state index contributed by atoms with van der Waals surface area (Å²) in [5.74, 6) is -1.07. The van der Waals surface area contributed by atoms with Gasteiger partial charge in [0.15, 0.2) is 0 Å². The molecule has 0 aliphatic carbocycles. The predicted molar refractivity (Wildman–Crippen MR) is 62.2 cm³/mol. The van der Waals surface area contributed by atoms with E-state index in [-0.39, 0.29) is 0 Å². The lowest BCUT2D eigenvalue weighted by molar-refractivity contribution is 0.379. The van der Waals surface area contributed by atoms with Gasteiger partial charge in [0.2, 0.25) is 5.75 Å². The minimum Gasteiger partial charge on any atom is -0.499 e. The van der Waals surface area contributed by atoms with Gasteiger partial charge in [-0.1, -0.05) is 24.3 Å². The number of benzene rings is 1. The van der Waals surface area contributed by atoms with E-state index in [1.54, 1.807) is 0 Å². The summed E-state index contributed by atoms with van der Waals surface area (Å²) < 4.78 is 0. The second-order valence-electron chi connectivity index (χ2n) is 3.79. The lowest BCUT2D eigenvalue weighted by Gasteiger charge is -2.05. The molecule has 0 radical (unpaired) electrons. The van der Waals surface area contributed by atoms with Crippen LogP contribution in [0.2, 0.25) is 0 Å². The highest BCUT2D eigenvalue weighted by atomic mass is 16.3. The molecule has 88 valence electrons. The maximum atomic E-state index is 11.2. The first-order valence-corrected chi connectivity index (χ1v) is 5.13. The number of aromatic nitrogens is 2. The van der Waals surface area contributed by atoms with Crippen molar-refractivity contribution in [2.75, 3.05) is 0 Å². The van der Waals surface area contributed by atoms with Gasteiger partial charge in [-0.05, 0) is 18.1 Å². The Labute approximate surface area is 97.4 Å². The van der Waals surface area contributed by atoms with Crippen LogP contribution in [0.3, 0.4) is 0 Å². The van der Waals surface area contributed by atoms with Crippen LogP contribution in [0.15, 0.2) is 29.1 Å². The summed E-state index contributed by atoms with van der Waals surface area (Å²) in [6.45, 7) is 1.95. The normalized spacial score (nSPS) is 10.4. The van der Waals surface area contributed by atoms with Gasteiger partial charge in [0.25, 0.3) is 11.4 Å². The van der Waals surface area contributed by atoms with Crippen molar-refractivity contribution in [2.45, 2.75) is 13.3 Å². The third-order valence-electron chi connectivity index (χ3n) is 2.54. The van der Waals surface area contributed by atoms with Gasteiger partial charge < -0.3 is 15.2 Å². The quantitative estimate of drug-likeness (QED) is 0.723. The van der Waals surface area contributed by atoms with Crippen molar-refractivity contribution in [3.63, 3.8) is 0 Å². The highest BCUT2D eigenvalue weighted by Gasteiger charge is 2.09. The van der Waals surface area contributed by atoms with E-state index in [0.717, 1.165) is 11.1 Å². The third-order valence-corrected chi connectivity index (χ3v) is 2.54. The Morgan fingerprint density at radius 3 is 2.65 bits per heavy atom. The number of H-pyrrole nitrogens is 1. The summed E-state index contributed by atoms with van der Waals surface area (Å²) in [7, 11) is 0. The SMILES string of the molecule is Cc1ccccc1Cc1nc(O)c(O)c(=O)[nH]1. The van der Waals surface area contributed by atoms with Crippen LogP contribution in [0.4, 0.5) is 0 Å². The summed E-state index contributed by atoms with van der Waals surface area (Å²) in [6, 6.07) is 7.68. The largest absolute Gasteiger partial charge is 0.499 e. The Morgan fingerprint density at radius 2 is 2.00 bits per heavy atom. The van der Waals surface area contributed by atoms with Crippen molar-refractivity contribution >= 4 is 0 Å². The van der Waals surface area contributed by atoms with Crippen LogP contribution in [0.25, 0.3) is 0 Å². The van der Waals surface area contributed by atoms with E-state index < -0.39 is 17.2 Å². The Hall–Kier alpha value is -2.30. The van der Waals surface area contributed by atoms with Crippen LogP contribution >= 0.6 is 0 Å². The second kappa shape index (κ2) is 4.29. The molecular weight excluding hydrogens is 220 g/mol. The van der Waals surface area contributed by atoms with E-state index in [9.17, 15) is 9.90 Å². The molecule has 2 rings (SSSR count). The summed E-state index contributed by atoms with van der Waals surface area (Å²) in [5.41, 5.74) is 1.34. The Balaban J connectivity index is 2.38. The summed E-state index contributed by atoms with van der Waals surface area (Å²) >= 11 is 0. The van der Waals surface area contributed by atoms with Gasteiger partial charge >= 0.3 is 0 Å². The maximum absolute atomic E-state index is 11.2. The monoisotopic (exact) mass is 232 g/mol. The summed E-state index contributed by atoms with van der Waals surface area (Å²) in [5, 5.41) is 18.3. The predicted octanol–water partition coefficient (Wildman–Crippen LogP) is 1.08. The number of aromatic amines is 1. The third kappa shape index (κ3) is 2.28. The number of hydrogen-bond acceptors (Lipinski definition) is 4. The Kier molecular flexibility index (Phi) is 2.82. The van der Waals surface area contributed by atoms with Crippen molar-refractivity contribution in [1.29, 1.82) is 0 Å².